The highest BCUT2D eigenvalue weighted by atomic mass is 32.2. The van der Waals surface area contributed by atoms with E-state index >= 15 is 0 Å². The topological polar surface area (TPSA) is 90.3 Å². The van der Waals surface area contributed by atoms with E-state index in [0.29, 0.717) is 16.6 Å². The van der Waals surface area contributed by atoms with Crippen molar-refractivity contribution in [1.82, 2.24) is 9.55 Å². The minimum Gasteiger partial charge on any atom is -0.497 e. The van der Waals surface area contributed by atoms with Crippen molar-refractivity contribution in [2.24, 2.45) is 0 Å². The third-order valence-corrected chi connectivity index (χ3v) is 6.34. The van der Waals surface area contributed by atoms with Gasteiger partial charge in [-0.1, -0.05) is 17.8 Å². The van der Waals surface area contributed by atoms with Crippen molar-refractivity contribution >= 4 is 33.2 Å². The molecule has 3 rings (SSSR count). The van der Waals surface area contributed by atoms with Crippen molar-refractivity contribution in [3.05, 3.63) is 60.9 Å². The van der Waals surface area contributed by atoms with E-state index in [-0.39, 0.29) is 11.7 Å². The number of carbonyl (C=O) groups is 1. The molecular weight excluding hydrogens is 436 g/mol. The second-order valence-corrected chi connectivity index (χ2v) is 8.81. The maximum Gasteiger partial charge on any atom is 0.341 e. The lowest BCUT2D eigenvalue weighted by Gasteiger charge is -2.09. The Morgan fingerprint density at radius 3 is 2.63 bits per heavy atom. The van der Waals surface area contributed by atoms with Crippen LogP contribution in [0.4, 0.5) is 14.5 Å². The minimum atomic E-state index is -4.67. The average molecular weight is 453 g/mol. The van der Waals surface area contributed by atoms with Crippen molar-refractivity contribution in [2.75, 3.05) is 18.2 Å². The molecule has 0 fully saturated rings. The first-order chi connectivity index (χ1) is 14.3. The lowest BCUT2D eigenvalue weighted by Crippen LogP contribution is -2.15. The summed E-state index contributed by atoms with van der Waals surface area (Å²) in [5, 5.41) is 3.18. The summed E-state index contributed by atoms with van der Waals surface area (Å²) in [5.74, 6) is -3.13. The fourth-order valence-corrected chi connectivity index (χ4v) is 4.01. The van der Waals surface area contributed by atoms with E-state index in [1.54, 1.807) is 19.5 Å². The SMILES string of the molecule is COc1cccc(-n2ccnc2SCC(=O)Nc2ccc(S(=O)(=O)C(F)F)cc2)c1. The number of alkyl halides is 2. The minimum absolute atomic E-state index is 0.0397. The van der Waals surface area contributed by atoms with Gasteiger partial charge in [-0.25, -0.2) is 13.4 Å². The molecule has 0 atom stereocenters. The van der Waals surface area contributed by atoms with E-state index in [0.717, 1.165) is 17.8 Å². The third kappa shape index (κ3) is 4.97. The Morgan fingerprint density at radius 1 is 1.23 bits per heavy atom. The third-order valence-electron chi connectivity index (χ3n) is 3.97. The number of carbonyl (C=O) groups excluding carboxylic acids is 1. The van der Waals surface area contributed by atoms with Crippen LogP contribution in [0.1, 0.15) is 0 Å². The molecule has 0 saturated carbocycles. The van der Waals surface area contributed by atoms with E-state index < -0.39 is 20.5 Å². The molecule has 2 aromatic carbocycles. The molecule has 0 aliphatic rings. The van der Waals surface area contributed by atoms with Crippen LogP contribution in [-0.2, 0) is 14.6 Å². The molecule has 1 amide bonds. The number of halogens is 2. The van der Waals surface area contributed by atoms with Gasteiger partial charge in [-0.2, -0.15) is 8.78 Å². The van der Waals surface area contributed by atoms with Gasteiger partial charge in [-0.05, 0) is 36.4 Å². The molecule has 0 radical (unpaired) electrons. The number of aromatic nitrogens is 2. The summed E-state index contributed by atoms with van der Waals surface area (Å²) in [4.78, 5) is 16.0. The summed E-state index contributed by atoms with van der Waals surface area (Å²) in [7, 11) is -3.10. The number of imidazole rings is 1. The van der Waals surface area contributed by atoms with Crippen molar-refractivity contribution < 1.29 is 26.7 Å². The quantitative estimate of drug-likeness (QED) is 0.524. The number of rotatable bonds is 8. The van der Waals surface area contributed by atoms with Gasteiger partial charge in [0.25, 0.3) is 0 Å². The number of amides is 1. The lowest BCUT2D eigenvalue weighted by atomic mass is 10.3. The van der Waals surface area contributed by atoms with Crippen LogP contribution in [0.5, 0.6) is 5.75 Å². The first-order valence-electron chi connectivity index (χ1n) is 8.54. The van der Waals surface area contributed by atoms with Crippen LogP contribution >= 0.6 is 11.8 Å². The largest absolute Gasteiger partial charge is 0.497 e. The predicted octanol–water partition coefficient (Wildman–Crippen LogP) is 3.61. The van der Waals surface area contributed by atoms with Crippen molar-refractivity contribution in [1.29, 1.82) is 0 Å². The van der Waals surface area contributed by atoms with Crippen LogP contribution in [0.25, 0.3) is 5.69 Å². The number of nitrogens with one attached hydrogen (secondary N) is 1. The van der Waals surface area contributed by atoms with Crippen molar-refractivity contribution in [2.45, 2.75) is 15.8 Å². The van der Waals surface area contributed by atoms with Crippen LogP contribution in [0.2, 0.25) is 0 Å². The summed E-state index contributed by atoms with van der Waals surface area (Å²) in [6.07, 6.45) is 3.37. The Morgan fingerprint density at radius 2 is 1.97 bits per heavy atom. The molecule has 1 heterocycles. The fraction of sp³-hybridized carbons (Fsp3) is 0.158. The molecule has 11 heteroatoms. The number of thioether (sulfide) groups is 1. The predicted molar refractivity (Wildman–Crippen MR) is 109 cm³/mol. The smallest absolute Gasteiger partial charge is 0.341 e. The maximum atomic E-state index is 12.6. The standard InChI is InChI=1S/C19H17F2N3O4S2/c1-28-15-4-2-3-14(11-15)24-10-9-22-19(24)29-12-17(25)23-13-5-7-16(8-6-13)30(26,27)18(20)21/h2-11,18H,12H2,1H3,(H,23,25). The molecule has 0 unspecified atom stereocenters. The number of ether oxygens (including phenoxy) is 1. The van der Waals surface area contributed by atoms with Gasteiger partial charge in [0.15, 0.2) is 5.16 Å². The van der Waals surface area contributed by atoms with E-state index in [2.05, 4.69) is 10.3 Å². The molecule has 0 bridgehead atoms. The van der Waals surface area contributed by atoms with Gasteiger partial charge in [0, 0.05) is 24.1 Å². The Labute approximate surface area is 176 Å². The summed E-state index contributed by atoms with van der Waals surface area (Å²) < 4.78 is 55.0. The summed E-state index contributed by atoms with van der Waals surface area (Å²) in [5.41, 5.74) is 1.12. The van der Waals surface area contributed by atoms with Crippen LogP contribution in [0, 0.1) is 0 Å². The highest BCUT2D eigenvalue weighted by Crippen LogP contribution is 2.24. The molecule has 0 aliphatic heterocycles. The molecule has 1 N–H and O–H groups in total. The number of methoxy groups -OCH3 is 1. The van der Waals surface area contributed by atoms with E-state index in [1.807, 2.05) is 28.8 Å². The zero-order valence-electron chi connectivity index (χ0n) is 15.7. The van der Waals surface area contributed by atoms with Gasteiger partial charge in [-0.15, -0.1) is 0 Å². The molecule has 7 nitrogen and oxygen atoms in total. The Balaban J connectivity index is 1.63. The Kier molecular flexibility index (Phi) is 6.73. The summed E-state index contributed by atoms with van der Waals surface area (Å²) in [6, 6.07) is 11.9. The number of nitrogens with zero attached hydrogens (tertiary/aromatic N) is 2. The van der Waals surface area contributed by atoms with Gasteiger partial charge in [0.1, 0.15) is 5.75 Å². The highest BCUT2D eigenvalue weighted by molar-refractivity contribution is 7.99. The number of benzene rings is 2. The van der Waals surface area contributed by atoms with E-state index in [1.165, 1.54) is 23.9 Å². The van der Waals surface area contributed by atoms with Gasteiger partial charge in [0.2, 0.25) is 15.7 Å². The van der Waals surface area contributed by atoms with Crippen LogP contribution in [0.15, 0.2) is 71.0 Å². The first kappa shape index (κ1) is 21.8. The van der Waals surface area contributed by atoms with Gasteiger partial charge in [0.05, 0.1) is 23.4 Å². The number of hydrogen-bond acceptors (Lipinski definition) is 6. The molecule has 0 spiro atoms. The zero-order valence-corrected chi connectivity index (χ0v) is 17.3. The zero-order chi connectivity index (χ0) is 21.7. The molecule has 158 valence electrons. The van der Waals surface area contributed by atoms with Crippen LogP contribution < -0.4 is 10.1 Å². The first-order valence-corrected chi connectivity index (χ1v) is 11.1. The maximum absolute atomic E-state index is 12.6. The fourth-order valence-electron chi connectivity index (χ4n) is 2.51. The van der Waals surface area contributed by atoms with Crippen molar-refractivity contribution in [3.8, 4) is 11.4 Å². The van der Waals surface area contributed by atoms with E-state index in [9.17, 15) is 22.0 Å². The second kappa shape index (κ2) is 9.26. The van der Waals surface area contributed by atoms with Gasteiger partial charge in [-0.3, -0.25) is 9.36 Å². The average Bonchev–Trinajstić information content (AvgIpc) is 3.21. The second-order valence-electron chi connectivity index (χ2n) is 5.95. The molecular formula is C19H17F2N3O4S2. The molecule has 0 saturated heterocycles. The Hall–Kier alpha value is -2.92. The van der Waals surface area contributed by atoms with Crippen molar-refractivity contribution in [3.63, 3.8) is 0 Å². The van der Waals surface area contributed by atoms with E-state index in [4.69, 9.17) is 4.74 Å². The molecule has 30 heavy (non-hydrogen) atoms. The molecule has 1 aromatic heterocycles. The molecule has 3 aromatic rings. The number of hydrogen-bond donors (Lipinski definition) is 1. The number of anilines is 1. The normalized spacial score (nSPS) is 11.5. The van der Waals surface area contributed by atoms with Gasteiger partial charge >= 0.3 is 5.76 Å². The summed E-state index contributed by atoms with van der Waals surface area (Å²) in [6.45, 7) is 0. The summed E-state index contributed by atoms with van der Waals surface area (Å²) >= 11 is 1.20. The highest BCUT2D eigenvalue weighted by Gasteiger charge is 2.26. The number of sulfone groups is 1. The lowest BCUT2D eigenvalue weighted by molar-refractivity contribution is -0.113. The Bertz CT molecular complexity index is 1130. The van der Waals surface area contributed by atoms with Crippen LogP contribution in [0.3, 0.4) is 0 Å². The monoisotopic (exact) mass is 453 g/mol. The molecule has 0 aliphatic carbocycles. The van der Waals surface area contributed by atoms with Crippen LogP contribution in [-0.4, -0.2) is 42.5 Å². The van der Waals surface area contributed by atoms with Gasteiger partial charge < -0.3 is 10.1 Å².